The van der Waals surface area contributed by atoms with Gasteiger partial charge in [0.15, 0.2) is 5.96 Å². The van der Waals surface area contributed by atoms with Crippen LogP contribution in [-0.4, -0.2) is 46.8 Å². The summed E-state index contributed by atoms with van der Waals surface area (Å²) in [5, 5.41) is 7.53. The van der Waals surface area contributed by atoms with Crippen LogP contribution in [0.25, 0.3) is 0 Å². The van der Waals surface area contributed by atoms with Crippen molar-refractivity contribution >= 4 is 63.2 Å². The summed E-state index contributed by atoms with van der Waals surface area (Å²) in [5.74, 6) is 0.709. The molecule has 0 fully saturated rings. The van der Waals surface area contributed by atoms with Gasteiger partial charge in [-0.15, -0.1) is 24.0 Å². The van der Waals surface area contributed by atoms with Crippen molar-refractivity contribution in [3.05, 3.63) is 33.8 Å². The van der Waals surface area contributed by atoms with Gasteiger partial charge in [-0.1, -0.05) is 29.3 Å². The molecule has 0 aliphatic rings. The molecule has 0 bridgehead atoms. The Bertz CT molecular complexity index is 657. The Kier molecular flexibility index (Phi) is 12.8. The Morgan fingerprint density at radius 1 is 1.16 bits per heavy atom. The van der Waals surface area contributed by atoms with E-state index in [1.165, 1.54) is 0 Å². The summed E-state index contributed by atoms with van der Waals surface area (Å²) >= 11 is 12.0. The van der Waals surface area contributed by atoms with Crippen molar-refractivity contribution in [2.45, 2.75) is 19.8 Å². The molecule has 0 atom stereocenters. The van der Waals surface area contributed by atoms with E-state index in [0.29, 0.717) is 29.1 Å². The zero-order chi connectivity index (χ0) is 18.0. The Labute approximate surface area is 177 Å². The average Bonchev–Trinajstić information content (AvgIpc) is 2.55. The van der Waals surface area contributed by atoms with Gasteiger partial charge in [-0.3, -0.25) is 4.99 Å². The molecule has 10 heteroatoms. The zero-order valence-electron chi connectivity index (χ0n) is 14.3. The van der Waals surface area contributed by atoms with Crippen LogP contribution in [0.4, 0.5) is 0 Å². The van der Waals surface area contributed by atoms with Crippen LogP contribution in [0.15, 0.2) is 23.2 Å². The number of aryl methyl sites for hydroxylation is 1. The first-order valence-corrected chi connectivity index (χ1v) is 10.1. The Hall–Kier alpha value is -0.290. The molecular weight excluding hydrogens is 498 g/mol. The van der Waals surface area contributed by atoms with Gasteiger partial charge < -0.3 is 10.6 Å². The maximum absolute atomic E-state index is 11.3. The van der Waals surface area contributed by atoms with E-state index < -0.39 is 10.0 Å². The highest BCUT2D eigenvalue weighted by atomic mass is 127. The number of nitrogens with zero attached hydrogens (tertiary/aromatic N) is 1. The highest BCUT2D eigenvalue weighted by Gasteiger charge is 2.05. The van der Waals surface area contributed by atoms with E-state index in [2.05, 4.69) is 20.3 Å². The molecule has 0 radical (unpaired) electrons. The van der Waals surface area contributed by atoms with Crippen LogP contribution >= 0.6 is 47.2 Å². The summed E-state index contributed by atoms with van der Waals surface area (Å²) in [7, 11) is -1.49. The van der Waals surface area contributed by atoms with Crippen LogP contribution in [0, 0.1) is 0 Å². The molecule has 1 rings (SSSR count). The largest absolute Gasteiger partial charge is 0.356 e. The molecule has 0 heterocycles. The molecule has 0 spiro atoms. The molecule has 6 nitrogen and oxygen atoms in total. The third kappa shape index (κ3) is 10.4. The molecule has 25 heavy (non-hydrogen) atoms. The van der Waals surface area contributed by atoms with Crippen molar-refractivity contribution in [1.82, 2.24) is 15.4 Å². The van der Waals surface area contributed by atoms with Crippen molar-refractivity contribution in [1.29, 1.82) is 0 Å². The monoisotopic (exact) mass is 522 g/mol. The Balaban J connectivity index is 0.00000576. The van der Waals surface area contributed by atoms with Gasteiger partial charge >= 0.3 is 0 Å². The minimum atomic E-state index is -3.16. The predicted molar refractivity (Wildman–Crippen MR) is 117 cm³/mol. The van der Waals surface area contributed by atoms with E-state index in [1.54, 1.807) is 20.0 Å². The first kappa shape index (κ1) is 24.7. The Morgan fingerprint density at radius 2 is 1.84 bits per heavy atom. The fourth-order valence-corrected chi connectivity index (χ4v) is 3.04. The molecule has 0 unspecified atom stereocenters. The minimum absolute atomic E-state index is 0. The fourth-order valence-electron chi connectivity index (χ4n) is 1.92. The molecule has 1 aromatic carbocycles. The number of nitrogens with one attached hydrogen (secondary N) is 3. The lowest BCUT2D eigenvalue weighted by molar-refractivity contribution is 0.581. The van der Waals surface area contributed by atoms with Gasteiger partial charge in [0.1, 0.15) is 0 Å². The number of hydrogen-bond donors (Lipinski definition) is 3. The van der Waals surface area contributed by atoms with E-state index in [0.717, 1.165) is 24.9 Å². The predicted octanol–water partition coefficient (Wildman–Crippen LogP) is 2.65. The minimum Gasteiger partial charge on any atom is -0.356 e. The molecule has 0 aromatic heterocycles. The molecule has 0 saturated carbocycles. The maximum atomic E-state index is 11.3. The average molecular weight is 523 g/mol. The van der Waals surface area contributed by atoms with Crippen LogP contribution in [0.2, 0.25) is 10.0 Å². The van der Waals surface area contributed by atoms with Crippen LogP contribution in [0.5, 0.6) is 0 Å². The van der Waals surface area contributed by atoms with E-state index >= 15 is 0 Å². The SMILES string of the molecule is CCS(=O)(=O)NCCNC(=NC)NCCCc1ccc(Cl)cc1Cl.I. The smallest absolute Gasteiger partial charge is 0.211 e. The second-order valence-corrected chi connectivity index (χ2v) is 8.00. The third-order valence-electron chi connectivity index (χ3n) is 3.27. The van der Waals surface area contributed by atoms with Crippen LogP contribution in [0.1, 0.15) is 18.9 Å². The lowest BCUT2D eigenvalue weighted by Crippen LogP contribution is -2.42. The van der Waals surface area contributed by atoms with Crippen molar-refractivity contribution < 1.29 is 8.42 Å². The first-order chi connectivity index (χ1) is 11.4. The third-order valence-corrected chi connectivity index (χ3v) is 5.26. The van der Waals surface area contributed by atoms with E-state index in [9.17, 15) is 8.42 Å². The standard InChI is InChI=1S/C15H24Cl2N4O2S.HI/c1-3-24(22,23)21-10-9-20-15(18-2)19-8-4-5-12-6-7-13(16)11-14(12)17;/h6-7,11,21H,3-5,8-10H2,1-2H3,(H2,18,19,20);1H. The molecule has 0 aliphatic heterocycles. The highest BCUT2D eigenvalue weighted by molar-refractivity contribution is 14.0. The number of halogens is 3. The van der Waals surface area contributed by atoms with Crippen LogP contribution in [0.3, 0.4) is 0 Å². The van der Waals surface area contributed by atoms with Crippen LogP contribution < -0.4 is 15.4 Å². The summed E-state index contributed by atoms with van der Waals surface area (Å²) in [5.41, 5.74) is 1.06. The molecule has 3 N–H and O–H groups in total. The molecular formula is C15H25Cl2IN4O2S. The summed E-state index contributed by atoms with van der Waals surface area (Å²) in [6, 6.07) is 5.50. The maximum Gasteiger partial charge on any atom is 0.211 e. The van der Waals surface area contributed by atoms with E-state index in [4.69, 9.17) is 23.2 Å². The normalized spacial score (nSPS) is 11.8. The van der Waals surface area contributed by atoms with Crippen molar-refractivity contribution in [2.75, 3.05) is 32.4 Å². The fraction of sp³-hybridized carbons (Fsp3) is 0.533. The number of guanidine groups is 1. The van der Waals surface area contributed by atoms with Gasteiger partial charge in [-0.25, -0.2) is 13.1 Å². The Morgan fingerprint density at radius 3 is 2.44 bits per heavy atom. The first-order valence-electron chi connectivity index (χ1n) is 7.73. The van der Waals surface area contributed by atoms with Crippen molar-refractivity contribution in [2.24, 2.45) is 4.99 Å². The second-order valence-electron chi connectivity index (χ2n) is 5.06. The van der Waals surface area contributed by atoms with E-state index in [1.807, 2.05) is 12.1 Å². The summed E-state index contributed by atoms with van der Waals surface area (Å²) in [4.78, 5) is 4.09. The van der Waals surface area contributed by atoms with Gasteiger partial charge in [-0.2, -0.15) is 0 Å². The van der Waals surface area contributed by atoms with E-state index in [-0.39, 0.29) is 29.7 Å². The number of benzene rings is 1. The lowest BCUT2D eigenvalue weighted by atomic mass is 10.1. The highest BCUT2D eigenvalue weighted by Crippen LogP contribution is 2.21. The molecule has 0 saturated heterocycles. The summed E-state index contributed by atoms with van der Waals surface area (Å²) < 4.78 is 25.1. The number of sulfonamides is 1. The quantitative estimate of drug-likeness (QED) is 0.201. The summed E-state index contributed by atoms with van der Waals surface area (Å²) in [6.45, 7) is 3.10. The van der Waals surface area contributed by atoms with Gasteiger partial charge in [0.05, 0.1) is 5.75 Å². The van der Waals surface area contributed by atoms with Crippen LogP contribution in [-0.2, 0) is 16.4 Å². The molecule has 1 aromatic rings. The van der Waals surface area contributed by atoms with Gasteiger partial charge in [0, 0.05) is 36.7 Å². The lowest BCUT2D eigenvalue weighted by Gasteiger charge is -2.12. The number of hydrogen-bond acceptors (Lipinski definition) is 3. The summed E-state index contributed by atoms with van der Waals surface area (Å²) in [6.07, 6.45) is 1.71. The van der Waals surface area contributed by atoms with Gasteiger partial charge in [0.2, 0.25) is 10.0 Å². The topological polar surface area (TPSA) is 82.6 Å². The van der Waals surface area contributed by atoms with Crippen molar-refractivity contribution in [3.8, 4) is 0 Å². The molecule has 0 aliphatic carbocycles. The zero-order valence-corrected chi connectivity index (χ0v) is 19.0. The molecule has 0 amide bonds. The van der Waals surface area contributed by atoms with Gasteiger partial charge in [0.25, 0.3) is 0 Å². The number of aliphatic imine (C=N–C) groups is 1. The number of rotatable bonds is 9. The van der Waals surface area contributed by atoms with Gasteiger partial charge in [-0.05, 0) is 37.5 Å². The molecule has 144 valence electrons. The second kappa shape index (κ2) is 13.0. The van der Waals surface area contributed by atoms with Crippen molar-refractivity contribution in [3.63, 3.8) is 0 Å².